The number of thiophene rings is 1. The first-order valence-corrected chi connectivity index (χ1v) is 7.37. The molecule has 0 aliphatic carbocycles. The van der Waals surface area contributed by atoms with Crippen LogP contribution in [0.15, 0.2) is 21.3 Å². The average Bonchev–Trinajstić information content (AvgIpc) is 3.13. The van der Waals surface area contributed by atoms with Crippen molar-refractivity contribution in [3.63, 3.8) is 0 Å². The lowest BCUT2D eigenvalue weighted by molar-refractivity contribution is -0.131. The van der Waals surface area contributed by atoms with Gasteiger partial charge in [0.25, 0.3) is 0 Å². The molecule has 2 aromatic heterocycles. The standard InChI is InChI=1S/C13H18N4O2S.ClH/c1-9(7-14)17(2)12(18)4-3-11-15-13(16-19-11)10-5-6-20-8-10;/h5-6,8-9H,3-4,7,14H2,1-2H3;1H. The van der Waals surface area contributed by atoms with Crippen molar-refractivity contribution in [2.24, 2.45) is 5.73 Å². The number of hydrogen-bond acceptors (Lipinski definition) is 6. The Morgan fingerprint density at radius 3 is 2.95 bits per heavy atom. The van der Waals surface area contributed by atoms with Crippen LogP contribution in [0.3, 0.4) is 0 Å². The lowest BCUT2D eigenvalue weighted by Gasteiger charge is -2.23. The molecule has 0 aliphatic heterocycles. The fourth-order valence-corrected chi connectivity index (χ4v) is 2.29. The zero-order chi connectivity index (χ0) is 14.5. The molecular formula is C13H19ClN4O2S. The molecule has 0 spiro atoms. The van der Waals surface area contributed by atoms with E-state index >= 15 is 0 Å². The third-order valence-corrected chi connectivity index (χ3v) is 3.88. The molecule has 0 saturated carbocycles. The number of amides is 1. The van der Waals surface area contributed by atoms with Crippen LogP contribution in [0, 0.1) is 0 Å². The van der Waals surface area contributed by atoms with Crippen molar-refractivity contribution in [3.05, 3.63) is 22.7 Å². The molecule has 2 aromatic rings. The van der Waals surface area contributed by atoms with Crippen LogP contribution in [0.1, 0.15) is 19.2 Å². The second-order valence-electron chi connectivity index (χ2n) is 4.61. The van der Waals surface area contributed by atoms with Crippen molar-refractivity contribution >= 4 is 29.7 Å². The minimum absolute atomic E-state index is 0. The highest BCUT2D eigenvalue weighted by molar-refractivity contribution is 7.08. The van der Waals surface area contributed by atoms with Gasteiger partial charge in [-0.3, -0.25) is 4.79 Å². The lowest BCUT2D eigenvalue weighted by Crippen LogP contribution is -2.39. The molecule has 0 aliphatic rings. The van der Waals surface area contributed by atoms with Crippen molar-refractivity contribution in [2.75, 3.05) is 13.6 Å². The van der Waals surface area contributed by atoms with Crippen LogP contribution in [0.25, 0.3) is 11.4 Å². The minimum atomic E-state index is 0. The van der Waals surface area contributed by atoms with Crippen LogP contribution >= 0.6 is 23.7 Å². The van der Waals surface area contributed by atoms with Gasteiger partial charge in [-0.2, -0.15) is 16.3 Å². The van der Waals surface area contributed by atoms with Crippen LogP contribution in [0.2, 0.25) is 0 Å². The van der Waals surface area contributed by atoms with E-state index in [1.54, 1.807) is 23.3 Å². The topological polar surface area (TPSA) is 85.2 Å². The number of nitrogens with two attached hydrogens (primary N) is 1. The summed E-state index contributed by atoms with van der Waals surface area (Å²) in [7, 11) is 1.75. The number of hydrogen-bond donors (Lipinski definition) is 1. The van der Waals surface area contributed by atoms with Gasteiger partial charge in [-0.25, -0.2) is 0 Å². The van der Waals surface area contributed by atoms with E-state index in [1.165, 1.54) is 0 Å². The Bertz CT molecular complexity index is 558. The molecule has 8 heteroatoms. The van der Waals surface area contributed by atoms with E-state index in [-0.39, 0.29) is 24.4 Å². The van der Waals surface area contributed by atoms with Gasteiger partial charge < -0.3 is 15.2 Å². The van der Waals surface area contributed by atoms with Gasteiger partial charge in [-0.1, -0.05) is 5.16 Å². The molecular weight excluding hydrogens is 312 g/mol. The third-order valence-electron chi connectivity index (χ3n) is 3.20. The van der Waals surface area contributed by atoms with Crippen LogP contribution in [0.5, 0.6) is 0 Å². The Balaban J connectivity index is 0.00000220. The van der Waals surface area contributed by atoms with Gasteiger partial charge >= 0.3 is 0 Å². The van der Waals surface area contributed by atoms with Gasteiger partial charge in [0.05, 0.1) is 0 Å². The molecule has 6 nitrogen and oxygen atoms in total. The summed E-state index contributed by atoms with van der Waals surface area (Å²) in [5.41, 5.74) is 6.48. The molecule has 1 unspecified atom stereocenters. The Morgan fingerprint density at radius 1 is 1.57 bits per heavy atom. The zero-order valence-electron chi connectivity index (χ0n) is 12.0. The molecule has 2 N–H and O–H groups in total. The zero-order valence-corrected chi connectivity index (χ0v) is 13.6. The number of aromatic nitrogens is 2. The maximum absolute atomic E-state index is 11.9. The van der Waals surface area contributed by atoms with Crippen molar-refractivity contribution in [1.82, 2.24) is 15.0 Å². The maximum atomic E-state index is 11.9. The highest BCUT2D eigenvalue weighted by Gasteiger charge is 2.16. The number of rotatable bonds is 6. The van der Waals surface area contributed by atoms with E-state index in [4.69, 9.17) is 10.3 Å². The van der Waals surface area contributed by atoms with Gasteiger partial charge in [0.2, 0.25) is 17.6 Å². The first-order chi connectivity index (χ1) is 9.61. The van der Waals surface area contributed by atoms with Crippen LogP contribution in [-0.4, -0.2) is 40.6 Å². The number of aryl methyl sites for hydroxylation is 1. The second-order valence-corrected chi connectivity index (χ2v) is 5.39. The largest absolute Gasteiger partial charge is 0.342 e. The number of nitrogens with zero attached hydrogens (tertiary/aromatic N) is 3. The molecule has 1 amide bonds. The highest BCUT2D eigenvalue weighted by atomic mass is 35.5. The second kappa shape index (κ2) is 8.11. The molecule has 1 atom stereocenters. The van der Waals surface area contributed by atoms with E-state index < -0.39 is 0 Å². The number of likely N-dealkylation sites (N-methyl/N-ethyl adjacent to an activating group) is 1. The molecule has 0 bridgehead atoms. The summed E-state index contributed by atoms with van der Waals surface area (Å²) >= 11 is 1.58. The first kappa shape index (κ1) is 17.6. The van der Waals surface area contributed by atoms with Gasteiger partial charge in [-0.15, -0.1) is 12.4 Å². The Morgan fingerprint density at radius 2 is 2.33 bits per heavy atom. The molecule has 0 saturated heterocycles. The van der Waals surface area contributed by atoms with E-state index in [2.05, 4.69) is 10.1 Å². The van der Waals surface area contributed by atoms with Crippen LogP contribution < -0.4 is 5.73 Å². The van der Waals surface area contributed by atoms with E-state index in [0.717, 1.165) is 5.56 Å². The van der Waals surface area contributed by atoms with Crippen molar-refractivity contribution in [3.8, 4) is 11.4 Å². The summed E-state index contributed by atoms with van der Waals surface area (Å²) in [6, 6.07) is 1.97. The van der Waals surface area contributed by atoms with Crippen molar-refractivity contribution < 1.29 is 9.32 Å². The number of carbonyl (C=O) groups excluding carboxylic acids is 1. The Labute approximate surface area is 133 Å². The fraction of sp³-hybridized carbons (Fsp3) is 0.462. The summed E-state index contributed by atoms with van der Waals surface area (Å²) in [6.07, 6.45) is 0.781. The fourth-order valence-electron chi connectivity index (χ4n) is 1.66. The molecule has 0 fully saturated rings. The summed E-state index contributed by atoms with van der Waals surface area (Å²) in [5, 5.41) is 7.82. The number of halogens is 1. The monoisotopic (exact) mass is 330 g/mol. The minimum Gasteiger partial charge on any atom is -0.342 e. The van der Waals surface area contributed by atoms with Gasteiger partial charge in [0, 0.05) is 43.4 Å². The predicted octanol–water partition coefficient (Wildman–Crippen LogP) is 1.96. The SMILES string of the molecule is CC(CN)N(C)C(=O)CCc1nc(-c2ccsc2)no1.Cl. The number of carbonyl (C=O) groups is 1. The third kappa shape index (κ3) is 4.52. The van der Waals surface area contributed by atoms with E-state index in [1.807, 2.05) is 23.8 Å². The van der Waals surface area contributed by atoms with E-state index in [9.17, 15) is 4.79 Å². The normalized spacial score (nSPS) is 11.8. The smallest absolute Gasteiger partial charge is 0.227 e. The Kier molecular flexibility index (Phi) is 6.80. The van der Waals surface area contributed by atoms with Gasteiger partial charge in [0.1, 0.15) is 0 Å². The average molecular weight is 331 g/mol. The van der Waals surface area contributed by atoms with Crippen LogP contribution in [-0.2, 0) is 11.2 Å². The van der Waals surface area contributed by atoms with Crippen molar-refractivity contribution in [2.45, 2.75) is 25.8 Å². The summed E-state index contributed by atoms with van der Waals surface area (Å²) in [5.74, 6) is 1.07. The van der Waals surface area contributed by atoms with E-state index in [0.29, 0.717) is 31.1 Å². The van der Waals surface area contributed by atoms with Gasteiger partial charge in [-0.05, 0) is 18.4 Å². The Hall–Kier alpha value is -1.44. The molecule has 2 rings (SSSR count). The first-order valence-electron chi connectivity index (χ1n) is 6.42. The summed E-state index contributed by atoms with van der Waals surface area (Å²) in [4.78, 5) is 17.9. The highest BCUT2D eigenvalue weighted by Crippen LogP contribution is 2.19. The molecule has 2 heterocycles. The van der Waals surface area contributed by atoms with Gasteiger partial charge in [0.15, 0.2) is 0 Å². The molecule has 21 heavy (non-hydrogen) atoms. The quantitative estimate of drug-likeness (QED) is 0.875. The summed E-state index contributed by atoms with van der Waals surface area (Å²) < 4.78 is 5.15. The van der Waals surface area contributed by atoms with Crippen molar-refractivity contribution in [1.29, 1.82) is 0 Å². The molecule has 116 valence electrons. The molecule has 0 radical (unpaired) electrons. The van der Waals surface area contributed by atoms with Crippen LogP contribution in [0.4, 0.5) is 0 Å². The molecule has 0 aromatic carbocycles. The lowest BCUT2D eigenvalue weighted by atomic mass is 10.2. The predicted molar refractivity (Wildman–Crippen MR) is 84.5 cm³/mol. The maximum Gasteiger partial charge on any atom is 0.227 e. The summed E-state index contributed by atoms with van der Waals surface area (Å²) in [6.45, 7) is 2.37.